The van der Waals surface area contributed by atoms with Gasteiger partial charge in [0.2, 0.25) is 0 Å². The van der Waals surface area contributed by atoms with Crippen molar-refractivity contribution in [3.05, 3.63) is 23.8 Å². The number of nitriles is 1. The van der Waals surface area contributed by atoms with Crippen LogP contribution >= 0.6 is 0 Å². The van der Waals surface area contributed by atoms with E-state index in [0.29, 0.717) is 42.6 Å². The van der Waals surface area contributed by atoms with Crippen molar-refractivity contribution in [2.75, 3.05) is 18.5 Å². The SMILES string of the molecule is CCCOC(C)(CCC)C(=O)Nc1ccc(OCC(C)C)cc1C#N. The lowest BCUT2D eigenvalue weighted by molar-refractivity contribution is -0.140. The largest absolute Gasteiger partial charge is 0.493 e. The van der Waals surface area contributed by atoms with Gasteiger partial charge in [0, 0.05) is 6.61 Å². The summed E-state index contributed by atoms with van der Waals surface area (Å²) in [4.78, 5) is 12.7. The Kier molecular flexibility index (Phi) is 8.44. The molecule has 25 heavy (non-hydrogen) atoms. The number of ether oxygens (including phenoxy) is 2. The lowest BCUT2D eigenvalue weighted by Gasteiger charge is -2.28. The number of benzene rings is 1. The van der Waals surface area contributed by atoms with Crippen LogP contribution in [0.4, 0.5) is 5.69 Å². The molecule has 0 saturated carbocycles. The van der Waals surface area contributed by atoms with E-state index in [0.717, 1.165) is 12.8 Å². The van der Waals surface area contributed by atoms with E-state index in [2.05, 4.69) is 25.2 Å². The number of amides is 1. The summed E-state index contributed by atoms with van der Waals surface area (Å²) in [5.41, 5.74) is -0.0413. The van der Waals surface area contributed by atoms with E-state index in [1.54, 1.807) is 25.1 Å². The number of carbonyl (C=O) groups excluding carboxylic acids is 1. The summed E-state index contributed by atoms with van der Waals surface area (Å²) in [5.74, 6) is 0.798. The van der Waals surface area contributed by atoms with Gasteiger partial charge in [-0.1, -0.05) is 34.1 Å². The maximum absolute atomic E-state index is 12.7. The molecule has 1 amide bonds. The molecule has 0 aliphatic heterocycles. The number of nitrogens with one attached hydrogen (secondary N) is 1. The fraction of sp³-hybridized carbons (Fsp3) is 0.600. The van der Waals surface area contributed by atoms with Gasteiger partial charge in [0.1, 0.15) is 17.4 Å². The third-order valence-corrected chi connectivity index (χ3v) is 3.78. The van der Waals surface area contributed by atoms with Gasteiger partial charge >= 0.3 is 0 Å². The minimum Gasteiger partial charge on any atom is -0.493 e. The number of rotatable bonds is 10. The zero-order chi connectivity index (χ0) is 18.9. The molecular weight excluding hydrogens is 316 g/mol. The van der Waals surface area contributed by atoms with Crippen LogP contribution in [-0.4, -0.2) is 24.7 Å². The second kappa shape index (κ2) is 10.0. The zero-order valence-corrected chi connectivity index (χ0v) is 16.0. The second-order valence-electron chi connectivity index (χ2n) is 6.81. The van der Waals surface area contributed by atoms with Crippen molar-refractivity contribution in [1.82, 2.24) is 0 Å². The van der Waals surface area contributed by atoms with E-state index < -0.39 is 5.60 Å². The van der Waals surface area contributed by atoms with Gasteiger partial charge in [-0.25, -0.2) is 0 Å². The van der Waals surface area contributed by atoms with Crippen LogP contribution in [0.1, 0.15) is 59.4 Å². The Morgan fingerprint density at radius 1 is 1.32 bits per heavy atom. The number of nitrogens with zero attached hydrogens (tertiary/aromatic N) is 1. The fourth-order valence-corrected chi connectivity index (χ4v) is 2.39. The van der Waals surface area contributed by atoms with Crippen LogP contribution < -0.4 is 10.1 Å². The summed E-state index contributed by atoms with van der Waals surface area (Å²) in [6.45, 7) is 11.0. The molecule has 0 aliphatic carbocycles. The Hall–Kier alpha value is -2.06. The summed E-state index contributed by atoms with van der Waals surface area (Å²) in [5, 5.41) is 12.2. The highest BCUT2D eigenvalue weighted by Gasteiger charge is 2.33. The quantitative estimate of drug-likeness (QED) is 0.676. The molecule has 0 saturated heterocycles. The number of hydrogen-bond donors (Lipinski definition) is 1. The van der Waals surface area contributed by atoms with Gasteiger partial charge < -0.3 is 14.8 Å². The average Bonchev–Trinajstić information content (AvgIpc) is 2.59. The first-order valence-electron chi connectivity index (χ1n) is 8.98. The van der Waals surface area contributed by atoms with Crippen LogP contribution in [-0.2, 0) is 9.53 Å². The summed E-state index contributed by atoms with van der Waals surface area (Å²) < 4.78 is 11.4. The molecule has 138 valence electrons. The van der Waals surface area contributed by atoms with Crippen LogP contribution in [0, 0.1) is 17.2 Å². The van der Waals surface area contributed by atoms with Gasteiger partial charge in [-0.15, -0.1) is 0 Å². The molecule has 0 fully saturated rings. The fourth-order valence-electron chi connectivity index (χ4n) is 2.39. The van der Waals surface area contributed by atoms with Crippen molar-refractivity contribution in [2.24, 2.45) is 5.92 Å². The van der Waals surface area contributed by atoms with Crippen LogP contribution in [0.25, 0.3) is 0 Å². The zero-order valence-electron chi connectivity index (χ0n) is 16.0. The molecule has 5 nitrogen and oxygen atoms in total. The third kappa shape index (κ3) is 6.39. The molecule has 0 aliphatic rings. The van der Waals surface area contributed by atoms with Gasteiger partial charge in [0.15, 0.2) is 0 Å². The molecule has 5 heteroatoms. The summed E-state index contributed by atoms with van der Waals surface area (Å²) >= 11 is 0. The van der Waals surface area contributed by atoms with Gasteiger partial charge in [-0.3, -0.25) is 4.79 Å². The first-order valence-corrected chi connectivity index (χ1v) is 8.98. The highest BCUT2D eigenvalue weighted by atomic mass is 16.5. The van der Waals surface area contributed by atoms with E-state index in [9.17, 15) is 10.1 Å². The smallest absolute Gasteiger partial charge is 0.256 e. The highest BCUT2D eigenvalue weighted by molar-refractivity contribution is 5.98. The lowest BCUT2D eigenvalue weighted by atomic mass is 9.98. The predicted molar refractivity (Wildman–Crippen MR) is 99.7 cm³/mol. The normalized spacial score (nSPS) is 13.2. The molecule has 1 N–H and O–H groups in total. The van der Waals surface area contributed by atoms with Crippen LogP contribution in [0.3, 0.4) is 0 Å². The van der Waals surface area contributed by atoms with Crippen LogP contribution in [0.15, 0.2) is 18.2 Å². The van der Waals surface area contributed by atoms with Gasteiger partial charge in [-0.2, -0.15) is 5.26 Å². The topological polar surface area (TPSA) is 71.3 Å². The molecular formula is C20H30N2O3. The van der Waals surface area contributed by atoms with Crippen molar-refractivity contribution in [2.45, 2.75) is 59.5 Å². The van der Waals surface area contributed by atoms with E-state index >= 15 is 0 Å². The van der Waals surface area contributed by atoms with Crippen molar-refractivity contribution < 1.29 is 14.3 Å². The highest BCUT2D eigenvalue weighted by Crippen LogP contribution is 2.25. The maximum Gasteiger partial charge on any atom is 0.256 e. The Labute approximate surface area is 151 Å². The van der Waals surface area contributed by atoms with Crippen LogP contribution in [0.5, 0.6) is 5.75 Å². The van der Waals surface area contributed by atoms with E-state index in [4.69, 9.17) is 9.47 Å². The van der Waals surface area contributed by atoms with E-state index in [-0.39, 0.29) is 5.91 Å². The van der Waals surface area contributed by atoms with Gasteiger partial charge in [0.25, 0.3) is 5.91 Å². The maximum atomic E-state index is 12.7. The first kappa shape index (κ1) is 21.0. The summed E-state index contributed by atoms with van der Waals surface area (Å²) in [6.07, 6.45) is 2.30. The summed E-state index contributed by atoms with van der Waals surface area (Å²) in [7, 11) is 0. The minimum absolute atomic E-state index is 0.227. The van der Waals surface area contributed by atoms with Crippen molar-refractivity contribution >= 4 is 11.6 Å². The Morgan fingerprint density at radius 3 is 2.60 bits per heavy atom. The number of carbonyl (C=O) groups is 1. The number of anilines is 1. The third-order valence-electron chi connectivity index (χ3n) is 3.78. The van der Waals surface area contributed by atoms with Crippen LogP contribution in [0.2, 0.25) is 0 Å². The molecule has 1 aromatic rings. The molecule has 0 heterocycles. The molecule has 1 unspecified atom stereocenters. The standard InChI is InChI=1S/C20H30N2O3/c1-6-10-20(5,25-11-7-2)19(23)22-18-9-8-17(12-16(18)13-21)24-14-15(3)4/h8-9,12,15H,6-7,10-11,14H2,1-5H3,(H,22,23). The van der Waals surface area contributed by atoms with E-state index in [1.165, 1.54) is 0 Å². The molecule has 1 atom stereocenters. The second-order valence-corrected chi connectivity index (χ2v) is 6.81. The molecule has 1 aromatic carbocycles. The molecule has 0 aromatic heterocycles. The molecule has 0 spiro atoms. The predicted octanol–water partition coefficient (Wildman–Crippen LogP) is 4.52. The molecule has 0 bridgehead atoms. The van der Waals surface area contributed by atoms with Crippen molar-refractivity contribution in [3.63, 3.8) is 0 Å². The monoisotopic (exact) mass is 346 g/mol. The first-order chi connectivity index (χ1) is 11.9. The minimum atomic E-state index is -0.899. The molecule has 1 rings (SSSR count). The Balaban J connectivity index is 2.92. The molecule has 0 radical (unpaired) electrons. The van der Waals surface area contributed by atoms with Crippen molar-refractivity contribution in [3.8, 4) is 11.8 Å². The van der Waals surface area contributed by atoms with Gasteiger partial charge in [-0.05, 0) is 43.9 Å². The van der Waals surface area contributed by atoms with Crippen molar-refractivity contribution in [1.29, 1.82) is 5.26 Å². The Morgan fingerprint density at radius 2 is 2.04 bits per heavy atom. The lowest BCUT2D eigenvalue weighted by Crippen LogP contribution is -2.43. The van der Waals surface area contributed by atoms with Gasteiger partial charge in [0.05, 0.1) is 17.9 Å². The average molecular weight is 346 g/mol. The summed E-state index contributed by atoms with van der Waals surface area (Å²) in [6, 6.07) is 7.25. The number of hydrogen-bond acceptors (Lipinski definition) is 4. The van der Waals surface area contributed by atoms with E-state index in [1.807, 2.05) is 13.8 Å². The Bertz CT molecular complexity index is 607.